The van der Waals surface area contributed by atoms with Crippen LogP contribution < -0.4 is 4.72 Å². The summed E-state index contributed by atoms with van der Waals surface area (Å²) in [5.74, 6) is -2.19. The smallest absolute Gasteiger partial charge is 0.339 e. The van der Waals surface area contributed by atoms with Gasteiger partial charge in [0.1, 0.15) is 16.3 Å². The monoisotopic (exact) mass is 312 g/mol. The van der Waals surface area contributed by atoms with Crippen LogP contribution in [0.1, 0.15) is 21.6 Å². The molecule has 0 saturated carbocycles. The summed E-state index contributed by atoms with van der Waals surface area (Å²) < 4.78 is 40.2. The number of sulfonamides is 1. The molecule has 0 fully saturated rings. The van der Waals surface area contributed by atoms with Crippen LogP contribution in [0.4, 0.5) is 10.1 Å². The van der Waals surface area contributed by atoms with E-state index < -0.39 is 26.7 Å². The minimum Gasteiger partial charge on any atom is -0.478 e. The Morgan fingerprint density at radius 1 is 1.33 bits per heavy atom. The molecular formula is C13H13FN2O4S. The highest BCUT2D eigenvalue weighted by atomic mass is 32.2. The largest absolute Gasteiger partial charge is 0.478 e. The van der Waals surface area contributed by atoms with E-state index in [1.165, 1.54) is 25.3 Å². The van der Waals surface area contributed by atoms with E-state index in [2.05, 4.69) is 9.71 Å². The second-order valence-corrected chi connectivity index (χ2v) is 6.20. The third kappa shape index (κ3) is 2.89. The summed E-state index contributed by atoms with van der Waals surface area (Å²) in [6, 6.07) is 3.67. The standard InChI is InChI=1S/C13H13FN2O4S/c1-7-3-4-9(14)11(5-7)21(19,20)16-10-6-15-8(2)12(10)13(17)18/h3-6,15-16H,1-2H3,(H,17,18). The van der Waals surface area contributed by atoms with Crippen molar-refractivity contribution in [3.05, 3.63) is 47.0 Å². The lowest BCUT2D eigenvalue weighted by molar-refractivity contribution is 0.0697. The molecule has 3 N–H and O–H groups in total. The maximum atomic E-state index is 13.7. The molecule has 112 valence electrons. The van der Waals surface area contributed by atoms with E-state index in [0.29, 0.717) is 11.3 Å². The van der Waals surface area contributed by atoms with Crippen molar-refractivity contribution >= 4 is 21.7 Å². The van der Waals surface area contributed by atoms with E-state index >= 15 is 0 Å². The number of aromatic nitrogens is 1. The minimum absolute atomic E-state index is 0.138. The number of benzene rings is 1. The van der Waals surface area contributed by atoms with E-state index in [4.69, 9.17) is 5.11 Å². The Labute approximate surface area is 120 Å². The van der Waals surface area contributed by atoms with Gasteiger partial charge in [-0.05, 0) is 31.5 Å². The zero-order chi connectivity index (χ0) is 15.8. The molecule has 8 heteroatoms. The fourth-order valence-corrected chi connectivity index (χ4v) is 3.13. The highest BCUT2D eigenvalue weighted by Crippen LogP contribution is 2.24. The van der Waals surface area contributed by atoms with Gasteiger partial charge in [-0.25, -0.2) is 17.6 Å². The van der Waals surface area contributed by atoms with Crippen molar-refractivity contribution in [1.82, 2.24) is 4.98 Å². The first-order chi connectivity index (χ1) is 9.72. The third-order valence-corrected chi connectivity index (χ3v) is 4.29. The molecule has 0 radical (unpaired) electrons. The highest BCUT2D eigenvalue weighted by Gasteiger charge is 2.23. The summed E-state index contributed by atoms with van der Waals surface area (Å²) in [5.41, 5.74) is 0.526. The van der Waals surface area contributed by atoms with E-state index in [1.54, 1.807) is 6.92 Å². The summed E-state index contributed by atoms with van der Waals surface area (Å²) in [6.07, 6.45) is 1.21. The van der Waals surface area contributed by atoms with Crippen LogP contribution in [0.5, 0.6) is 0 Å². The van der Waals surface area contributed by atoms with Gasteiger partial charge < -0.3 is 10.1 Å². The van der Waals surface area contributed by atoms with Crippen LogP contribution in [-0.4, -0.2) is 24.5 Å². The first-order valence-corrected chi connectivity index (χ1v) is 7.41. The Bertz CT molecular complexity index is 812. The van der Waals surface area contributed by atoms with Gasteiger partial charge in [-0.3, -0.25) is 4.72 Å². The molecule has 0 amide bonds. The second-order valence-electron chi connectivity index (χ2n) is 4.55. The van der Waals surface area contributed by atoms with Crippen molar-refractivity contribution in [3.8, 4) is 0 Å². The molecule has 0 aliphatic carbocycles. The number of hydrogen-bond donors (Lipinski definition) is 3. The van der Waals surface area contributed by atoms with Gasteiger partial charge in [-0.1, -0.05) is 6.07 Å². The van der Waals surface area contributed by atoms with Gasteiger partial charge in [-0.15, -0.1) is 0 Å². The summed E-state index contributed by atoms with van der Waals surface area (Å²) in [6.45, 7) is 3.12. The molecule has 0 unspecified atom stereocenters. The summed E-state index contributed by atoms with van der Waals surface area (Å²) in [4.78, 5) is 13.2. The molecule has 0 spiro atoms. The molecule has 0 aliphatic rings. The van der Waals surface area contributed by atoms with E-state index in [-0.39, 0.29) is 11.3 Å². The predicted octanol–water partition coefficient (Wildman–Crippen LogP) is 2.27. The Morgan fingerprint density at radius 3 is 2.62 bits per heavy atom. The van der Waals surface area contributed by atoms with Gasteiger partial charge in [0.25, 0.3) is 10.0 Å². The molecule has 2 rings (SSSR count). The van der Waals surface area contributed by atoms with Crippen LogP contribution in [0.3, 0.4) is 0 Å². The van der Waals surface area contributed by atoms with Crippen LogP contribution in [0.2, 0.25) is 0 Å². The summed E-state index contributed by atoms with van der Waals surface area (Å²) in [7, 11) is -4.22. The lowest BCUT2D eigenvalue weighted by Crippen LogP contribution is -2.16. The first-order valence-electron chi connectivity index (χ1n) is 5.92. The van der Waals surface area contributed by atoms with Crippen molar-refractivity contribution in [2.24, 2.45) is 0 Å². The number of carboxylic acid groups (broad SMARTS) is 1. The Hall–Kier alpha value is -2.35. The van der Waals surface area contributed by atoms with Crippen LogP contribution in [0, 0.1) is 19.7 Å². The number of halogens is 1. The van der Waals surface area contributed by atoms with Crippen LogP contribution in [-0.2, 0) is 10.0 Å². The van der Waals surface area contributed by atoms with Gasteiger partial charge in [0, 0.05) is 11.9 Å². The van der Waals surface area contributed by atoms with Crippen molar-refractivity contribution in [2.75, 3.05) is 4.72 Å². The normalized spacial score (nSPS) is 11.4. The molecular weight excluding hydrogens is 299 g/mol. The number of carboxylic acids is 1. The molecule has 21 heavy (non-hydrogen) atoms. The van der Waals surface area contributed by atoms with Crippen molar-refractivity contribution in [3.63, 3.8) is 0 Å². The average molecular weight is 312 g/mol. The Morgan fingerprint density at radius 2 is 2.00 bits per heavy atom. The maximum Gasteiger partial charge on any atom is 0.339 e. The van der Waals surface area contributed by atoms with Gasteiger partial charge in [0.15, 0.2) is 0 Å². The number of H-pyrrole nitrogens is 1. The Kier molecular flexibility index (Phi) is 3.73. The molecule has 0 atom stereocenters. The Balaban J connectivity index is 2.48. The van der Waals surface area contributed by atoms with E-state index in [0.717, 1.165) is 6.07 Å². The molecule has 1 heterocycles. The number of carbonyl (C=O) groups is 1. The van der Waals surface area contributed by atoms with Gasteiger partial charge >= 0.3 is 5.97 Å². The molecule has 0 saturated heterocycles. The maximum absolute atomic E-state index is 13.7. The number of anilines is 1. The molecule has 1 aromatic heterocycles. The van der Waals surface area contributed by atoms with Gasteiger partial charge in [0.05, 0.1) is 5.69 Å². The number of nitrogens with one attached hydrogen (secondary N) is 2. The average Bonchev–Trinajstić information content (AvgIpc) is 2.72. The number of aryl methyl sites for hydroxylation is 2. The van der Waals surface area contributed by atoms with Crippen molar-refractivity contribution in [2.45, 2.75) is 18.7 Å². The minimum atomic E-state index is -4.22. The SMILES string of the molecule is Cc1ccc(F)c(S(=O)(=O)Nc2c[nH]c(C)c2C(=O)O)c1. The summed E-state index contributed by atoms with van der Waals surface area (Å²) in [5, 5.41) is 9.07. The molecule has 0 aliphatic heterocycles. The fourth-order valence-electron chi connectivity index (χ4n) is 1.90. The number of hydrogen-bond acceptors (Lipinski definition) is 3. The molecule has 6 nitrogen and oxygen atoms in total. The third-order valence-electron chi connectivity index (χ3n) is 2.91. The molecule has 1 aromatic carbocycles. The summed E-state index contributed by atoms with van der Waals surface area (Å²) >= 11 is 0. The van der Waals surface area contributed by atoms with Gasteiger partial charge in [0.2, 0.25) is 0 Å². The zero-order valence-electron chi connectivity index (χ0n) is 11.3. The van der Waals surface area contributed by atoms with E-state index in [1.807, 2.05) is 0 Å². The van der Waals surface area contributed by atoms with Crippen molar-refractivity contribution < 1.29 is 22.7 Å². The van der Waals surface area contributed by atoms with E-state index in [9.17, 15) is 17.6 Å². The van der Waals surface area contributed by atoms with Crippen LogP contribution >= 0.6 is 0 Å². The molecule has 2 aromatic rings. The first kappa shape index (κ1) is 15.0. The lowest BCUT2D eigenvalue weighted by Gasteiger charge is -2.09. The lowest BCUT2D eigenvalue weighted by atomic mass is 10.2. The fraction of sp³-hybridized carbons (Fsp3) is 0.154. The van der Waals surface area contributed by atoms with Gasteiger partial charge in [-0.2, -0.15) is 0 Å². The molecule has 0 bridgehead atoms. The van der Waals surface area contributed by atoms with Crippen molar-refractivity contribution in [1.29, 1.82) is 0 Å². The second kappa shape index (κ2) is 5.21. The number of aromatic amines is 1. The van der Waals surface area contributed by atoms with Crippen LogP contribution in [0.25, 0.3) is 0 Å². The zero-order valence-corrected chi connectivity index (χ0v) is 12.1. The number of aromatic carboxylic acids is 1. The predicted molar refractivity (Wildman–Crippen MR) is 74.4 cm³/mol. The quantitative estimate of drug-likeness (QED) is 0.806. The highest BCUT2D eigenvalue weighted by molar-refractivity contribution is 7.92. The topological polar surface area (TPSA) is 99.3 Å². The number of rotatable bonds is 4. The van der Waals surface area contributed by atoms with Crippen LogP contribution in [0.15, 0.2) is 29.3 Å².